The number of carbonyl (C=O) groups excluding carboxylic acids is 1. The van der Waals surface area contributed by atoms with Crippen molar-refractivity contribution in [3.63, 3.8) is 0 Å². The molecule has 0 aliphatic carbocycles. The molecule has 2 heterocycles. The van der Waals surface area contributed by atoms with Crippen LogP contribution < -0.4 is 10.1 Å². The third-order valence-corrected chi connectivity index (χ3v) is 6.90. The molecule has 1 amide bonds. The fourth-order valence-electron chi connectivity index (χ4n) is 3.39. The number of piperidine rings is 1. The number of amides is 1. The van der Waals surface area contributed by atoms with Crippen molar-refractivity contribution < 1.29 is 17.9 Å². The number of ether oxygens (including phenoxy) is 1. The monoisotopic (exact) mass is 420 g/mol. The van der Waals surface area contributed by atoms with Crippen molar-refractivity contribution in [2.45, 2.75) is 44.7 Å². The first-order valence-corrected chi connectivity index (χ1v) is 11.2. The number of hydrogen-bond acceptors (Lipinski definition) is 5. The molecule has 0 unspecified atom stereocenters. The molecular formula is C20H28N4O4S. The SMILES string of the molecule is COc1ccc(C)cc1NC(=O)[C@H]1CCCN(S(=O)(=O)c2cn(C(C)C)cn2)C1. The van der Waals surface area contributed by atoms with E-state index in [0.29, 0.717) is 30.8 Å². The van der Waals surface area contributed by atoms with Gasteiger partial charge in [0.25, 0.3) is 10.0 Å². The Balaban J connectivity index is 1.74. The molecule has 1 N–H and O–H groups in total. The van der Waals surface area contributed by atoms with Crippen LogP contribution in [0.3, 0.4) is 0 Å². The van der Waals surface area contributed by atoms with Gasteiger partial charge in [-0.2, -0.15) is 4.31 Å². The molecule has 0 saturated carbocycles. The Labute approximate surface area is 171 Å². The molecule has 1 aromatic carbocycles. The van der Waals surface area contributed by atoms with E-state index >= 15 is 0 Å². The zero-order valence-corrected chi connectivity index (χ0v) is 18.1. The number of benzene rings is 1. The van der Waals surface area contributed by atoms with Crippen LogP contribution in [0.4, 0.5) is 5.69 Å². The Morgan fingerprint density at radius 3 is 2.76 bits per heavy atom. The van der Waals surface area contributed by atoms with Crippen LogP contribution in [0.15, 0.2) is 35.7 Å². The van der Waals surface area contributed by atoms with Crippen molar-refractivity contribution in [3.8, 4) is 5.75 Å². The molecular weight excluding hydrogens is 392 g/mol. The second-order valence-electron chi connectivity index (χ2n) is 7.65. The van der Waals surface area contributed by atoms with Crippen molar-refractivity contribution >= 4 is 21.6 Å². The minimum atomic E-state index is -3.74. The van der Waals surface area contributed by atoms with E-state index in [-0.39, 0.29) is 23.5 Å². The van der Waals surface area contributed by atoms with Gasteiger partial charge in [-0.15, -0.1) is 0 Å². The fraction of sp³-hybridized carbons (Fsp3) is 0.500. The van der Waals surface area contributed by atoms with Crippen LogP contribution in [0, 0.1) is 12.8 Å². The summed E-state index contributed by atoms with van der Waals surface area (Å²) in [6.45, 7) is 6.36. The van der Waals surface area contributed by atoms with Crippen LogP contribution in [0.25, 0.3) is 0 Å². The molecule has 1 aromatic heterocycles. The maximum absolute atomic E-state index is 13.0. The molecule has 0 bridgehead atoms. The van der Waals surface area contributed by atoms with Gasteiger partial charge < -0.3 is 14.6 Å². The highest BCUT2D eigenvalue weighted by molar-refractivity contribution is 7.89. The van der Waals surface area contributed by atoms with Gasteiger partial charge in [-0.25, -0.2) is 13.4 Å². The molecule has 0 radical (unpaired) electrons. The highest BCUT2D eigenvalue weighted by Gasteiger charge is 2.34. The summed E-state index contributed by atoms with van der Waals surface area (Å²) in [6.07, 6.45) is 4.32. The highest BCUT2D eigenvalue weighted by atomic mass is 32.2. The number of rotatable bonds is 6. The van der Waals surface area contributed by atoms with Crippen LogP contribution in [0.5, 0.6) is 5.75 Å². The topological polar surface area (TPSA) is 93.5 Å². The molecule has 0 spiro atoms. The lowest BCUT2D eigenvalue weighted by molar-refractivity contribution is -0.120. The van der Waals surface area contributed by atoms with E-state index in [1.807, 2.05) is 32.9 Å². The summed E-state index contributed by atoms with van der Waals surface area (Å²) in [5.41, 5.74) is 1.59. The number of hydrogen-bond donors (Lipinski definition) is 1. The summed E-state index contributed by atoms with van der Waals surface area (Å²) >= 11 is 0. The van der Waals surface area contributed by atoms with Gasteiger partial charge in [0, 0.05) is 25.3 Å². The van der Waals surface area contributed by atoms with E-state index in [9.17, 15) is 13.2 Å². The first-order chi connectivity index (χ1) is 13.7. The van der Waals surface area contributed by atoms with Gasteiger partial charge in [-0.1, -0.05) is 6.07 Å². The number of nitrogens with zero attached hydrogens (tertiary/aromatic N) is 3. The number of methoxy groups -OCH3 is 1. The summed E-state index contributed by atoms with van der Waals surface area (Å²) < 4.78 is 34.4. The number of sulfonamides is 1. The predicted octanol–water partition coefficient (Wildman–Crippen LogP) is 2.82. The van der Waals surface area contributed by atoms with E-state index in [2.05, 4.69) is 10.3 Å². The van der Waals surface area contributed by atoms with Crippen LogP contribution in [0.2, 0.25) is 0 Å². The molecule has 8 nitrogen and oxygen atoms in total. The van der Waals surface area contributed by atoms with Crippen molar-refractivity contribution in [2.24, 2.45) is 5.92 Å². The largest absolute Gasteiger partial charge is 0.495 e. The van der Waals surface area contributed by atoms with Gasteiger partial charge in [0.1, 0.15) is 5.75 Å². The summed E-state index contributed by atoms with van der Waals surface area (Å²) in [6, 6.07) is 5.66. The smallest absolute Gasteiger partial charge is 0.262 e. The first-order valence-electron chi connectivity index (χ1n) is 9.71. The summed E-state index contributed by atoms with van der Waals surface area (Å²) in [5, 5.41) is 2.92. The Kier molecular flexibility index (Phi) is 6.28. The maximum atomic E-state index is 13.0. The first kappa shape index (κ1) is 21.3. The second-order valence-corrected chi connectivity index (χ2v) is 9.53. The van der Waals surface area contributed by atoms with Crippen LogP contribution in [-0.2, 0) is 14.8 Å². The molecule has 3 rings (SSSR count). The van der Waals surface area contributed by atoms with Crippen LogP contribution >= 0.6 is 0 Å². The van der Waals surface area contributed by atoms with Gasteiger partial charge in [-0.05, 0) is 51.3 Å². The lowest BCUT2D eigenvalue weighted by Crippen LogP contribution is -2.43. The molecule has 1 fully saturated rings. The van der Waals surface area contributed by atoms with E-state index in [1.54, 1.807) is 23.9 Å². The van der Waals surface area contributed by atoms with Crippen molar-refractivity contribution in [1.82, 2.24) is 13.9 Å². The van der Waals surface area contributed by atoms with Gasteiger partial charge in [0.2, 0.25) is 5.91 Å². The average Bonchev–Trinajstić information content (AvgIpc) is 3.20. The molecule has 1 aliphatic rings. The molecule has 158 valence electrons. The number of nitrogens with one attached hydrogen (secondary N) is 1. The minimum absolute atomic E-state index is 0.0209. The van der Waals surface area contributed by atoms with E-state index in [1.165, 1.54) is 10.6 Å². The predicted molar refractivity (Wildman–Crippen MR) is 110 cm³/mol. The molecule has 2 aromatic rings. The maximum Gasteiger partial charge on any atom is 0.262 e. The molecule has 9 heteroatoms. The van der Waals surface area contributed by atoms with Crippen LogP contribution in [-0.4, -0.2) is 48.4 Å². The van der Waals surface area contributed by atoms with Gasteiger partial charge in [0.05, 0.1) is 25.0 Å². The third kappa shape index (κ3) is 4.62. The number of carbonyl (C=O) groups is 1. The summed E-state index contributed by atoms with van der Waals surface area (Å²) in [7, 11) is -2.19. The molecule has 1 atom stereocenters. The molecule has 1 aliphatic heterocycles. The minimum Gasteiger partial charge on any atom is -0.495 e. The number of aryl methyl sites for hydroxylation is 1. The van der Waals surface area contributed by atoms with Crippen molar-refractivity contribution in [3.05, 3.63) is 36.3 Å². The Bertz CT molecular complexity index is 984. The van der Waals surface area contributed by atoms with E-state index in [4.69, 9.17) is 4.74 Å². The average molecular weight is 421 g/mol. The Morgan fingerprint density at radius 1 is 1.34 bits per heavy atom. The lowest BCUT2D eigenvalue weighted by Gasteiger charge is -2.30. The number of aromatic nitrogens is 2. The number of imidazole rings is 1. The van der Waals surface area contributed by atoms with Gasteiger partial charge in [0.15, 0.2) is 5.03 Å². The van der Waals surface area contributed by atoms with Crippen LogP contribution in [0.1, 0.15) is 38.3 Å². The second kappa shape index (κ2) is 8.54. The standard InChI is InChI=1S/C20H28N4O4S/c1-14(2)23-12-19(21-13-23)29(26,27)24-9-5-6-16(11-24)20(25)22-17-10-15(3)7-8-18(17)28-4/h7-8,10,12-14,16H,5-6,9,11H2,1-4H3,(H,22,25)/t16-/m0/s1. The van der Waals surface area contributed by atoms with Crippen molar-refractivity contribution in [2.75, 3.05) is 25.5 Å². The zero-order chi connectivity index (χ0) is 21.2. The van der Waals surface area contributed by atoms with Gasteiger partial charge in [-0.3, -0.25) is 4.79 Å². The lowest BCUT2D eigenvalue weighted by atomic mass is 9.98. The zero-order valence-electron chi connectivity index (χ0n) is 17.3. The Morgan fingerprint density at radius 2 is 2.10 bits per heavy atom. The summed E-state index contributed by atoms with van der Waals surface area (Å²) in [4.78, 5) is 16.9. The highest BCUT2D eigenvalue weighted by Crippen LogP contribution is 2.28. The molecule has 29 heavy (non-hydrogen) atoms. The fourth-order valence-corrected chi connectivity index (χ4v) is 4.84. The molecule has 1 saturated heterocycles. The summed E-state index contributed by atoms with van der Waals surface area (Å²) in [5.74, 6) is -0.0686. The van der Waals surface area contributed by atoms with E-state index < -0.39 is 15.9 Å². The van der Waals surface area contributed by atoms with Crippen molar-refractivity contribution in [1.29, 1.82) is 0 Å². The number of anilines is 1. The quantitative estimate of drug-likeness (QED) is 0.776. The third-order valence-electron chi connectivity index (χ3n) is 5.15. The normalized spacial score (nSPS) is 18.0. The van der Waals surface area contributed by atoms with Gasteiger partial charge >= 0.3 is 0 Å². The van der Waals surface area contributed by atoms with E-state index in [0.717, 1.165) is 5.56 Å². The Hall–Kier alpha value is -2.39.